The lowest BCUT2D eigenvalue weighted by atomic mass is 10.1. The largest absolute Gasteiger partial charge is 0.354 e. The van der Waals surface area contributed by atoms with Crippen LogP contribution in [0.25, 0.3) is 10.9 Å². The Bertz CT molecular complexity index is 859. The molecular formula is C20H21FN4. The van der Waals surface area contributed by atoms with Crippen molar-refractivity contribution in [1.82, 2.24) is 14.9 Å². The first kappa shape index (κ1) is 16.0. The molecule has 4 nitrogen and oxygen atoms in total. The summed E-state index contributed by atoms with van der Waals surface area (Å²) in [7, 11) is 0. The smallest absolute Gasteiger partial charge is 0.214 e. The van der Waals surface area contributed by atoms with Crippen molar-refractivity contribution in [1.29, 1.82) is 0 Å². The van der Waals surface area contributed by atoms with Crippen LogP contribution in [0.15, 0.2) is 54.7 Å². The Hall–Kier alpha value is -2.53. The summed E-state index contributed by atoms with van der Waals surface area (Å²) >= 11 is 0. The standard InChI is InChI=1S/C20H21FN4/c21-19-4-1-5-20(23-19)25-13-11-24(12-14-25)10-8-16-6-7-17-3-2-9-22-18(17)15-16/h1-7,9,15H,8,10-14H2. The maximum absolute atomic E-state index is 13.3. The topological polar surface area (TPSA) is 32.3 Å². The molecule has 0 atom stereocenters. The van der Waals surface area contributed by atoms with Crippen LogP contribution in [-0.4, -0.2) is 47.6 Å². The van der Waals surface area contributed by atoms with Gasteiger partial charge in [0, 0.05) is 44.3 Å². The van der Waals surface area contributed by atoms with Crippen molar-refractivity contribution in [2.75, 3.05) is 37.6 Å². The molecule has 1 fully saturated rings. The van der Waals surface area contributed by atoms with Crippen LogP contribution in [-0.2, 0) is 6.42 Å². The van der Waals surface area contributed by atoms with Gasteiger partial charge in [0.1, 0.15) is 5.82 Å². The van der Waals surface area contributed by atoms with Crippen LogP contribution in [0, 0.1) is 5.95 Å². The molecule has 0 unspecified atom stereocenters. The van der Waals surface area contributed by atoms with Gasteiger partial charge in [0.05, 0.1) is 5.52 Å². The second-order valence-electron chi connectivity index (χ2n) is 6.43. The lowest BCUT2D eigenvalue weighted by Crippen LogP contribution is -2.47. The molecule has 3 aromatic rings. The van der Waals surface area contributed by atoms with E-state index in [-0.39, 0.29) is 0 Å². The van der Waals surface area contributed by atoms with Crippen molar-refractivity contribution in [3.63, 3.8) is 0 Å². The first-order chi connectivity index (χ1) is 12.3. The molecule has 0 N–H and O–H groups in total. The summed E-state index contributed by atoms with van der Waals surface area (Å²) in [5, 5.41) is 1.18. The molecule has 5 heteroatoms. The van der Waals surface area contributed by atoms with Gasteiger partial charge < -0.3 is 4.90 Å². The molecule has 25 heavy (non-hydrogen) atoms. The number of benzene rings is 1. The Morgan fingerprint density at radius 2 is 1.84 bits per heavy atom. The van der Waals surface area contributed by atoms with E-state index in [0.717, 1.165) is 50.5 Å². The summed E-state index contributed by atoms with van der Waals surface area (Å²) in [4.78, 5) is 13.0. The molecule has 1 saturated heterocycles. The van der Waals surface area contributed by atoms with Crippen LogP contribution in [0.1, 0.15) is 5.56 Å². The highest BCUT2D eigenvalue weighted by atomic mass is 19.1. The molecule has 0 aliphatic carbocycles. The van der Waals surface area contributed by atoms with E-state index in [9.17, 15) is 4.39 Å². The van der Waals surface area contributed by atoms with Gasteiger partial charge in [0.25, 0.3) is 0 Å². The number of halogens is 1. The Labute approximate surface area is 146 Å². The highest BCUT2D eigenvalue weighted by molar-refractivity contribution is 5.78. The number of hydrogen-bond donors (Lipinski definition) is 0. The van der Waals surface area contributed by atoms with Crippen molar-refractivity contribution >= 4 is 16.7 Å². The van der Waals surface area contributed by atoms with Crippen LogP contribution in [0.3, 0.4) is 0 Å². The van der Waals surface area contributed by atoms with Crippen molar-refractivity contribution in [3.05, 3.63) is 66.2 Å². The molecule has 0 spiro atoms. The normalized spacial score (nSPS) is 15.6. The van der Waals surface area contributed by atoms with E-state index in [4.69, 9.17) is 0 Å². The average molecular weight is 336 g/mol. The average Bonchev–Trinajstić information content (AvgIpc) is 2.66. The lowest BCUT2D eigenvalue weighted by Gasteiger charge is -2.35. The van der Waals surface area contributed by atoms with Gasteiger partial charge in [-0.3, -0.25) is 9.88 Å². The highest BCUT2D eigenvalue weighted by Gasteiger charge is 2.18. The molecule has 1 aliphatic rings. The summed E-state index contributed by atoms with van der Waals surface area (Å²) in [5.41, 5.74) is 2.38. The van der Waals surface area contributed by atoms with Gasteiger partial charge in [-0.2, -0.15) is 4.39 Å². The fraction of sp³-hybridized carbons (Fsp3) is 0.300. The van der Waals surface area contributed by atoms with E-state index >= 15 is 0 Å². The van der Waals surface area contributed by atoms with Crippen LogP contribution >= 0.6 is 0 Å². The van der Waals surface area contributed by atoms with E-state index in [0.29, 0.717) is 0 Å². The SMILES string of the molecule is Fc1cccc(N2CCN(CCc3ccc4cccnc4c3)CC2)n1. The minimum Gasteiger partial charge on any atom is -0.354 e. The third-order valence-electron chi connectivity index (χ3n) is 4.78. The minimum atomic E-state index is -0.412. The molecule has 0 amide bonds. The van der Waals surface area contributed by atoms with Gasteiger partial charge >= 0.3 is 0 Å². The maximum Gasteiger partial charge on any atom is 0.214 e. The quantitative estimate of drug-likeness (QED) is 0.685. The number of fused-ring (bicyclic) bond motifs is 1. The van der Waals surface area contributed by atoms with Crippen LogP contribution in [0.4, 0.5) is 10.2 Å². The predicted molar refractivity (Wildman–Crippen MR) is 98.3 cm³/mol. The van der Waals surface area contributed by atoms with Gasteiger partial charge in [-0.05, 0) is 36.2 Å². The van der Waals surface area contributed by atoms with Crippen molar-refractivity contribution in [2.45, 2.75) is 6.42 Å². The molecule has 2 aromatic heterocycles. The third-order valence-corrected chi connectivity index (χ3v) is 4.78. The van der Waals surface area contributed by atoms with Crippen LogP contribution in [0.2, 0.25) is 0 Å². The second kappa shape index (κ2) is 7.15. The number of pyridine rings is 2. The van der Waals surface area contributed by atoms with Crippen LogP contribution < -0.4 is 4.90 Å². The number of anilines is 1. The number of nitrogens with zero attached hydrogens (tertiary/aromatic N) is 4. The zero-order valence-electron chi connectivity index (χ0n) is 14.1. The van der Waals surface area contributed by atoms with E-state index in [2.05, 4.69) is 44.0 Å². The predicted octanol–water partition coefficient (Wildman–Crippen LogP) is 3.13. The van der Waals surface area contributed by atoms with E-state index in [1.807, 2.05) is 18.3 Å². The molecule has 4 rings (SSSR count). The van der Waals surface area contributed by atoms with Gasteiger partial charge in [-0.15, -0.1) is 0 Å². The first-order valence-corrected chi connectivity index (χ1v) is 8.71. The second-order valence-corrected chi connectivity index (χ2v) is 6.43. The van der Waals surface area contributed by atoms with E-state index in [1.54, 1.807) is 6.07 Å². The molecule has 0 saturated carbocycles. The van der Waals surface area contributed by atoms with Gasteiger partial charge in [-0.1, -0.05) is 24.3 Å². The molecule has 128 valence electrons. The van der Waals surface area contributed by atoms with E-state index < -0.39 is 5.95 Å². The Balaban J connectivity index is 1.32. The number of hydrogen-bond acceptors (Lipinski definition) is 4. The summed E-state index contributed by atoms with van der Waals surface area (Å²) in [6, 6.07) is 15.6. The number of piperazine rings is 1. The van der Waals surface area contributed by atoms with Gasteiger partial charge in [-0.25, -0.2) is 4.98 Å². The van der Waals surface area contributed by atoms with E-state index in [1.165, 1.54) is 17.0 Å². The number of aromatic nitrogens is 2. The minimum absolute atomic E-state index is 0.412. The summed E-state index contributed by atoms with van der Waals surface area (Å²) < 4.78 is 13.3. The van der Waals surface area contributed by atoms with Gasteiger partial charge in [0.15, 0.2) is 0 Å². The molecular weight excluding hydrogens is 315 g/mol. The molecule has 1 aromatic carbocycles. The molecule has 0 bridgehead atoms. The molecule has 1 aliphatic heterocycles. The van der Waals surface area contributed by atoms with Crippen molar-refractivity contribution in [3.8, 4) is 0 Å². The number of rotatable bonds is 4. The monoisotopic (exact) mass is 336 g/mol. The Morgan fingerprint density at radius 3 is 2.68 bits per heavy atom. The summed E-state index contributed by atoms with van der Waals surface area (Å²) in [6.07, 6.45) is 2.86. The maximum atomic E-state index is 13.3. The third kappa shape index (κ3) is 3.77. The fourth-order valence-corrected chi connectivity index (χ4v) is 3.33. The summed E-state index contributed by atoms with van der Waals surface area (Å²) in [5.74, 6) is 0.324. The zero-order chi connectivity index (χ0) is 17.1. The fourth-order valence-electron chi connectivity index (χ4n) is 3.33. The van der Waals surface area contributed by atoms with Crippen LogP contribution in [0.5, 0.6) is 0 Å². The molecule has 0 radical (unpaired) electrons. The zero-order valence-corrected chi connectivity index (χ0v) is 14.1. The van der Waals surface area contributed by atoms with Crippen molar-refractivity contribution < 1.29 is 4.39 Å². The Kier molecular flexibility index (Phi) is 4.57. The van der Waals surface area contributed by atoms with Crippen molar-refractivity contribution in [2.24, 2.45) is 0 Å². The summed E-state index contributed by atoms with van der Waals surface area (Å²) in [6.45, 7) is 4.75. The Morgan fingerprint density at radius 1 is 0.960 bits per heavy atom. The van der Waals surface area contributed by atoms with Gasteiger partial charge in [0.2, 0.25) is 5.95 Å². The lowest BCUT2D eigenvalue weighted by molar-refractivity contribution is 0.260. The molecule has 3 heterocycles. The first-order valence-electron chi connectivity index (χ1n) is 8.71. The highest BCUT2D eigenvalue weighted by Crippen LogP contribution is 2.16.